The molecule has 4 nitrogen and oxygen atoms in total. The molecule has 2 amide bonds. The van der Waals surface area contributed by atoms with Crippen LogP contribution in [0.15, 0.2) is 0 Å². The molecule has 1 fully saturated rings. The number of nitrogens with one attached hydrogen (secondary N) is 2. The van der Waals surface area contributed by atoms with Crippen LogP contribution in [0.3, 0.4) is 0 Å². The second-order valence-corrected chi connectivity index (χ2v) is 3.74. The predicted octanol–water partition coefficient (Wildman–Crippen LogP) is 0.185. The second-order valence-electron chi connectivity index (χ2n) is 3.74. The minimum atomic E-state index is -0.104. The topological polar surface area (TPSA) is 67.2 Å². The Morgan fingerprint density at radius 1 is 1.58 bits per heavy atom. The van der Waals surface area contributed by atoms with E-state index in [1.807, 2.05) is 13.8 Å². The molecule has 12 heavy (non-hydrogen) atoms. The highest BCUT2D eigenvalue weighted by atomic mass is 16.2. The van der Waals surface area contributed by atoms with Gasteiger partial charge in [-0.3, -0.25) is 0 Å². The van der Waals surface area contributed by atoms with Crippen LogP contribution < -0.4 is 16.4 Å². The number of urea groups is 1. The first-order valence-corrected chi connectivity index (χ1v) is 4.37. The quantitative estimate of drug-likeness (QED) is 0.567. The van der Waals surface area contributed by atoms with Crippen molar-refractivity contribution in [3.8, 4) is 0 Å². The highest BCUT2D eigenvalue weighted by molar-refractivity contribution is 5.75. The molecule has 70 valence electrons. The van der Waals surface area contributed by atoms with Crippen LogP contribution in [-0.4, -0.2) is 24.2 Å². The van der Waals surface area contributed by atoms with E-state index in [0.29, 0.717) is 6.54 Å². The minimum absolute atomic E-state index is 0.0844. The number of hydrogen-bond donors (Lipinski definition) is 3. The van der Waals surface area contributed by atoms with Crippen LogP contribution >= 0.6 is 0 Å². The molecule has 1 saturated carbocycles. The van der Waals surface area contributed by atoms with Crippen LogP contribution in [0.4, 0.5) is 4.79 Å². The maximum absolute atomic E-state index is 11.2. The molecule has 0 atom stereocenters. The monoisotopic (exact) mass is 171 g/mol. The van der Waals surface area contributed by atoms with Crippen molar-refractivity contribution in [3.05, 3.63) is 0 Å². The molecule has 0 saturated heterocycles. The first-order valence-electron chi connectivity index (χ1n) is 4.37. The largest absolute Gasteiger partial charge is 0.336 e. The Hall–Kier alpha value is -0.770. The van der Waals surface area contributed by atoms with E-state index >= 15 is 0 Å². The Morgan fingerprint density at radius 3 is 2.50 bits per heavy atom. The van der Waals surface area contributed by atoms with Gasteiger partial charge in [0.2, 0.25) is 0 Å². The zero-order valence-electron chi connectivity index (χ0n) is 7.68. The molecule has 0 spiro atoms. The third kappa shape index (κ3) is 2.37. The Labute approximate surface area is 72.9 Å². The lowest BCUT2D eigenvalue weighted by atomic mass is 10.3. The van der Waals surface area contributed by atoms with E-state index in [-0.39, 0.29) is 17.6 Å². The molecule has 0 heterocycles. The fourth-order valence-electron chi connectivity index (χ4n) is 1.07. The average Bonchev–Trinajstić information content (AvgIpc) is 2.67. The van der Waals surface area contributed by atoms with E-state index in [1.165, 1.54) is 0 Å². The molecular weight excluding hydrogens is 154 g/mol. The fourth-order valence-corrected chi connectivity index (χ4v) is 1.07. The van der Waals surface area contributed by atoms with Crippen molar-refractivity contribution in [1.29, 1.82) is 0 Å². The van der Waals surface area contributed by atoms with Crippen LogP contribution in [0.2, 0.25) is 0 Å². The molecule has 1 aliphatic carbocycles. The van der Waals surface area contributed by atoms with E-state index in [9.17, 15) is 4.79 Å². The van der Waals surface area contributed by atoms with Gasteiger partial charge in [0.1, 0.15) is 0 Å². The summed E-state index contributed by atoms with van der Waals surface area (Å²) in [5.74, 6) is 0. The zero-order valence-corrected chi connectivity index (χ0v) is 7.68. The van der Waals surface area contributed by atoms with Gasteiger partial charge < -0.3 is 16.4 Å². The highest BCUT2D eigenvalue weighted by Gasteiger charge is 2.42. The van der Waals surface area contributed by atoms with Gasteiger partial charge in [0.05, 0.1) is 5.54 Å². The molecule has 4 heteroatoms. The van der Waals surface area contributed by atoms with Gasteiger partial charge in [0.15, 0.2) is 0 Å². The SMILES string of the molecule is CC(C)NC(=O)NC1(CN)CC1. The molecule has 0 aromatic heterocycles. The summed E-state index contributed by atoms with van der Waals surface area (Å²) >= 11 is 0. The Balaban J connectivity index is 2.26. The standard InChI is InChI=1S/C8H17N3O/c1-6(2)10-7(12)11-8(5-9)3-4-8/h6H,3-5,9H2,1-2H3,(H2,10,11,12). The van der Waals surface area contributed by atoms with Crippen LogP contribution in [0.5, 0.6) is 0 Å². The smallest absolute Gasteiger partial charge is 0.315 e. The van der Waals surface area contributed by atoms with Gasteiger partial charge in [0, 0.05) is 12.6 Å². The summed E-state index contributed by atoms with van der Waals surface area (Å²) in [5.41, 5.74) is 5.42. The van der Waals surface area contributed by atoms with E-state index in [4.69, 9.17) is 5.73 Å². The average molecular weight is 171 g/mol. The van der Waals surface area contributed by atoms with Gasteiger partial charge in [-0.05, 0) is 26.7 Å². The molecule has 0 radical (unpaired) electrons. The number of carbonyl (C=O) groups excluding carboxylic acids is 1. The lowest BCUT2D eigenvalue weighted by Crippen LogP contribution is -2.49. The van der Waals surface area contributed by atoms with Crippen molar-refractivity contribution in [3.63, 3.8) is 0 Å². The van der Waals surface area contributed by atoms with Crippen molar-refractivity contribution >= 4 is 6.03 Å². The van der Waals surface area contributed by atoms with Crippen molar-refractivity contribution in [1.82, 2.24) is 10.6 Å². The van der Waals surface area contributed by atoms with E-state index in [1.54, 1.807) is 0 Å². The predicted molar refractivity (Wildman–Crippen MR) is 47.8 cm³/mol. The van der Waals surface area contributed by atoms with Crippen molar-refractivity contribution < 1.29 is 4.79 Å². The molecule has 0 aromatic carbocycles. The van der Waals surface area contributed by atoms with Gasteiger partial charge in [0.25, 0.3) is 0 Å². The summed E-state index contributed by atoms with van der Waals surface area (Å²) in [5, 5.41) is 5.64. The summed E-state index contributed by atoms with van der Waals surface area (Å²) in [6, 6.07) is 0.0755. The number of rotatable bonds is 3. The lowest BCUT2D eigenvalue weighted by molar-refractivity contribution is 0.233. The van der Waals surface area contributed by atoms with Gasteiger partial charge in [-0.1, -0.05) is 0 Å². The number of carbonyl (C=O) groups is 1. The van der Waals surface area contributed by atoms with Crippen LogP contribution in [0.1, 0.15) is 26.7 Å². The van der Waals surface area contributed by atoms with Gasteiger partial charge in [-0.2, -0.15) is 0 Å². The summed E-state index contributed by atoms with van der Waals surface area (Å²) in [4.78, 5) is 11.2. The fraction of sp³-hybridized carbons (Fsp3) is 0.875. The minimum Gasteiger partial charge on any atom is -0.336 e. The van der Waals surface area contributed by atoms with Gasteiger partial charge in [-0.25, -0.2) is 4.79 Å². The van der Waals surface area contributed by atoms with Crippen molar-refractivity contribution in [2.24, 2.45) is 5.73 Å². The van der Waals surface area contributed by atoms with Gasteiger partial charge in [-0.15, -0.1) is 0 Å². The van der Waals surface area contributed by atoms with Crippen LogP contribution in [0, 0.1) is 0 Å². The first kappa shape index (κ1) is 9.32. The maximum atomic E-state index is 11.2. The molecule has 0 aliphatic heterocycles. The Kier molecular flexibility index (Phi) is 2.57. The third-order valence-corrected chi connectivity index (χ3v) is 2.04. The molecular formula is C8H17N3O. The summed E-state index contributed by atoms with van der Waals surface area (Å²) < 4.78 is 0. The van der Waals surface area contributed by atoms with Crippen LogP contribution in [-0.2, 0) is 0 Å². The summed E-state index contributed by atoms with van der Waals surface area (Å²) in [7, 11) is 0. The van der Waals surface area contributed by atoms with E-state index < -0.39 is 0 Å². The van der Waals surface area contributed by atoms with Crippen molar-refractivity contribution in [2.75, 3.05) is 6.54 Å². The normalized spacial score (nSPS) is 19.0. The molecule has 0 aromatic rings. The number of amides is 2. The maximum Gasteiger partial charge on any atom is 0.315 e. The van der Waals surface area contributed by atoms with Gasteiger partial charge >= 0.3 is 6.03 Å². The zero-order chi connectivity index (χ0) is 9.19. The molecule has 0 unspecified atom stereocenters. The lowest BCUT2D eigenvalue weighted by Gasteiger charge is -2.16. The second kappa shape index (κ2) is 3.31. The molecule has 4 N–H and O–H groups in total. The summed E-state index contributed by atoms with van der Waals surface area (Å²) in [6.07, 6.45) is 2.02. The third-order valence-electron chi connectivity index (χ3n) is 2.04. The van der Waals surface area contributed by atoms with E-state index in [0.717, 1.165) is 12.8 Å². The Morgan fingerprint density at radius 2 is 2.17 bits per heavy atom. The molecule has 1 rings (SSSR count). The number of hydrogen-bond acceptors (Lipinski definition) is 2. The summed E-state index contributed by atoms with van der Waals surface area (Å²) in [6.45, 7) is 4.40. The number of nitrogens with two attached hydrogens (primary N) is 1. The highest BCUT2D eigenvalue weighted by Crippen LogP contribution is 2.33. The first-order chi connectivity index (χ1) is 5.58. The van der Waals surface area contributed by atoms with E-state index in [2.05, 4.69) is 10.6 Å². The molecule has 1 aliphatic rings. The Bertz CT molecular complexity index is 175. The van der Waals surface area contributed by atoms with Crippen molar-refractivity contribution in [2.45, 2.75) is 38.3 Å². The molecule has 0 bridgehead atoms. The van der Waals surface area contributed by atoms with Crippen LogP contribution in [0.25, 0.3) is 0 Å².